The number of rotatable bonds is 5. The van der Waals surface area contributed by atoms with Crippen LogP contribution in [-0.4, -0.2) is 41.9 Å². The fraction of sp³-hybridized carbons (Fsp3) is 0.533. The van der Waals surface area contributed by atoms with Crippen LogP contribution in [0.25, 0.3) is 0 Å². The van der Waals surface area contributed by atoms with Crippen molar-refractivity contribution in [1.82, 2.24) is 9.80 Å². The highest BCUT2D eigenvalue weighted by molar-refractivity contribution is 5.47. The van der Waals surface area contributed by atoms with Gasteiger partial charge in [0.25, 0.3) is 0 Å². The van der Waals surface area contributed by atoms with Crippen molar-refractivity contribution < 1.29 is 4.79 Å². The molecule has 1 amide bonds. The average molecular weight is 246 g/mol. The van der Waals surface area contributed by atoms with Gasteiger partial charge in [0, 0.05) is 32.2 Å². The number of amides is 1. The summed E-state index contributed by atoms with van der Waals surface area (Å²) in [4.78, 5) is 15.3. The number of likely N-dealkylation sites (tertiary alicyclic amines) is 1. The summed E-state index contributed by atoms with van der Waals surface area (Å²) >= 11 is 0. The van der Waals surface area contributed by atoms with Gasteiger partial charge >= 0.3 is 0 Å². The average Bonchev–Trinajstić information content (AvgIpc) is 2.43. The highest BCUT2D eigenvalue weighted by Gasteiger charge is 2.22. The highest BCUT2D eigenvalue weighted by atomic mass is 16.1. The van der Waals surface area contributed by atoms with Gasteiger partial charge < -0.3 is 4.90 Å². The molecule has 98 valence electrons. The van der Waals surface area contributed by atoms with Gasteiger partial charge in [-0.2, -0.15) is 0 Å². The van der Waals surface area contributed by atoms with Crippen LogP contribution in [0.3, 0.4) is 0 Å². The highest BCUT2D eigenvalue weighted by Crippen LogP contribution is 2.17. The van der Waals surface area contributed by atoms with Gasteiger partial charge in [-0.05, 0) is 25.3 Å². The smallest absolute Gasteiger partial charge is 0.209 e. The first kappa shape index (κ1) is 13.1. The Balaban J connectivity index is 1.82. The topological polar surface area (TPSA) is 23.6 Å². The normalized spacial score (nSPS) is 17.6. The number of benzene rings is 1. The molecule has 0 atom stereocenters. The van der Waals surface area contributed by atoms with Crippen molar-refractivity contribution in [1.29, 1.82) is 0 Å². The molecule has 1 aromatic rings. The van der Waals surface area contributed by atoms with Crippen molar-refractivity contribution in [2.45, 2.75) is 32.4 Å². The molecule has 0 N–H and O–H groups in total. The molecular weight excluding hydrogens is 224 g/mol. The monoisotopic (exact) mass is 246 g/mol. The molecule has 1 aromatic carbocycles. The van der Waals surface area contributed by atoms with Crippen LogP contribution in [0.2, 0.25) is 0 Å². The Morgan fingerprint density at radius 3 is 2.50 bits per heavy atom. The van der Waals surface area contributed by atoms with Gasteiger partial charge in [-0.25, -0.2) is 0 Å². The zero-order chi connectivity index (χ0) is 12.8. The van der Waals surface area contributed by atoms with Crippen LogP contribution in [0.5, 0.6) is 0 Å². The molecule has 3 heteroatoms. The predicted molar refractivity (Wildman–Crippen MR) is 73.2 cm³/mol. The van der Waals surface area contributed by atoms with E-state index in [0.717, 1.165) is 45.4 Å². The second-order valence-corrected chi connectivity index (χ2v) is 4.93. The first-order valence-electron chi connectivity index (χ1n) is 6.80. The lowest BCUT2D eigenvalue weighted by molar-refractivity contribution is -0.120. The molecule has 0 radical (unpaired) electrons. The summed E-state index contributed by atoms with van der Waals surface area (Å²) < 4.78 is 0. The first-order valence-corrected chi connectivity index (χ1v) is 6.80. The van der Waals surface area contributed by atoms with E-state index in [1.807, 2.05) is 11.8 Å². The van der Waals surface area contributed by atoms with E-state index in [0.29, 0.717) is 6.04 Å². The Morgan fingerprint density at radius 2 is 1.94 bits per heavy atom. The summed E-state index contributed by atoms with van der Waals surface area (Å²) in [5, 5.41) is 0. The van der Waals surface area contributed by atoms with Crippen molar-refractivity contribution in [3.05, 3.63) is 35.9 Å². The maximum Gasteiger partial charge on any atom is 0.209 e. The Kier molecular flexibility index (Phi) is 4.76. The van der Waals surface area contributed by atoms with Crippen LogP contribution in [0.4, 0.5) is 0 Å². The van der Waals surface area contributed by atoms with E-state index >= 15 is 0 Å². The zero-order valence-corrected chi connectivity index (χ0v) is 11.1. The quantitative estimate of drug-likeness (QED) is 0.743. The Morgan fingerprint density at radius 1 is 1.28 bits per heavy atom. The van der Waals surface area contributed by atoms with Gasteiger partial charge in [0.05, 0.1) is 0 Å². The fourth-order valence-electron chi connectivity index (χ4n) is 2.67. The molecule has 0 unspecified atom stereocenters. The zero-order valence-electron chi connectivity index (χ0n) is 11.1. The maximum absolute atomic E-state index is 10.9. The van der Waals surface area contributed by atoms with E-state index in [2.05, 4.69) is 35.2 Å². The third-order valence-electron chi connectivity index (χ3n) is 3.78. The largest absolute Gasteiger partial charge is 0.342 e. The molecule has 1 aliphatic heterocycles. The number of nitrogens with zero attached hydrogens (tertiary/aromatic N) is 2. The van der Waals surface area contributed by atoms with Gasteiger partial charge in [0.15, 0.2) is 0 Å². The van der Waals surface area contributed by atoms with E-state index in [-0.39, 0.29) is 0 Å². The Labute approximate surface area is 109 Å². The molecule has 0 saturated carbocycles. The molecule has 1 heterocycles. The molecule has 1 saturated heterocycles. The molecule has 1 aliphatic rings. The number of piperidine rings is 1. The van der Waals surface area contributed by atoms with Crippen molar-refractivity contribution in [2.24, 2.45) is 0 Å². The third-order valence-corrected chi connectivity index (χ3v) is 3.78. The first-order chi connectivity index (χ1) is 8.83. The minimum absolute atomic E-state index is 0.444. The minimum atomic E-state index is 0.444. The van der Waals surface area contributed by atoms with Crippen molar-refractivity contribution in [3.63, 3.8) is 0 Å². The molecule has 0 aliphatic carbocycles. The summed E-state index contributed by atoms with van der Waals surface area (Å²) in [5.41, 5.74) is 1.37. The van der Waals surface area contributed by atoms with Gasteiger partial charge in [-0.15, -0.1) is 0 Å². The maximum atomic E-state index is 10.9. The van der Waals surface area contributed by atoms with Crippen LogP contribution >= 0.6 is 0 Å². The van der Waals surface area contributed by atoms with E-state index in [4.69, 9.17) is 0 Å². The summed E-state index contributed by atoms with van der Waals surface area (Å²) in [5.74, 6) is 0. The van der Waals surface area contributed by atoms with Crippen LogP contribution < -0.4 is 0 Å². The van der Waals surface area contributed by atoms with Gasteiger partial charge in [-0.1, -0.05) is 30.3 Å². The van der Waals surface area contributed by atoms with E-state index < -0.39 is 0 Å². The van der Waals surface area contributed by atoms with Crippen molar-refractivity contribution >= 4 is 6.41 Å². The van der Waals surface area contributed by atoms with E-state index in [1.165, 1.54) is 5.56 Å². The number of hydrogen-bond acceptors (Lipinski definition) is 2. The lowest BCUT2D eigenvalue weighted by atomic mass is 10.0. The number of carbonyl (C=O) groups excluding carboxylic acids is 1. The van der Waals surface area contributed by atoms with E-state index in [1.54, 1.807) is 0 Å². The molecule has 2 rings (SSSR count). The SMILES string of the molecule is CCN(C=O)C1CCN(Cc2ccccc2)CC1. The number of carbonyl (C=O) groups is 1. The molecule has 0 bridgehead atoms. The van der Waals surface area contributed by atoms with E-state index in [9.17, 15) is 4.79 Å². The lowest BCUT2D eigenvalue weighted by Gasteiger charge is -2.36. The summed E-state index contributed by atoms with van der Waals surface area (Å²) in [6, 6.07) is 11.0. The van der Waals surface area contributed by atoms with Gasteiger partial charge in [0.1, 0.15) is 0 Å². The number of hydrogen-bond donors (Lipinski definition) is 0. The van der Waals surface area contributed by atoms with Crippen LogP contribution in [-0.2, 0) is 11.3 Å². The van der Waals surface area contributed by atoms with Gasteiger partial charge in [0.2, 0.25) is 6.41 Å². The van der Waals surface area contributed by atoms with Gasteiger partial charge in [-0.3, -0.25) is 9.69 Å². The summed E-state index contributed by atoms with van der Waals surface area (Å²) in [6.07, 6.45) is 3.19. The van der Waals surface area contributed by atoms with Crippen LogP contribution in [0.1, 0.15) is 25.3 Å². The second-order valence-electron chi connectivity index (χ2n) is 4.93. The predicted octanol–water partition coefficient (Wildman–Crippen LogP) is 2.13. The lowest BCUT2D eigenvalue weighted by Crippen LogP contribution is -2.44. The Bertz CT molecular complexity index is 358. The molecule has 3 nitrogen and oxygen atoms in total. The molecule has 0 spiro atoms. The third kappa shape index (κ3) is 3.33. The molecule has 0 aromatic heterocycles. The Hall–Kier alpha value is -1.35. The standard InChI is InChI=1S/C15H22N2O/c1-2-17(13-18)15-8-10-16(11-9-15)12-14-6-4-3-5-7-14/h3-7,13,15H,2,8-12H2,1H3. The summed E-state index contributed by atoms with van der Waals surface area (Å²) in [6.45, 7) is 6.08. The minimum Gasteiger partial charge on any atom is -0.342 e. The van der Waals surface area contributed by atoms with Crippen LogP contribution in [0, 0.1) is 0 Å². The fourth-order valence-corrected chi connectivity index (χ4v) is 2.67. The molecule has 18 heavy (non-hydrogen) atoms. The second kappa shape index (κ2) is 6.55. The molecular formula is C15H22N2O. The van der Waals surface area contributed by atoms with Crippen molar-refractivity contribution in [3.8, 4) is 0 Å². The summed E-state index contributed by atoms with van der Waals surface area (Å²) in [7, 11) is 0. The van der Waals surface area contributed by atoms with Crippen molar-refractivity contribution in [2.75, 3.05) is 19.6 Å². The van der Waals surface area contributed by atoms with Crippen LogP contribution in [0.15, 0.2) is 30.3 Å². The molecule has 1 fully saturated rings.